The fourth-order valence-corrected chi connectivity index (χ4v) is 4.17. The molecule has 3 rings (SSSR count). The number of fused-ring (bicyclic) bond motifs is 5. The molecular weight excluding hydrogens is 336 g/mol. The van der Waals surface area contributed by atoms with Crippen LogP contribution >= 0.6 is 0 Å². The molecule has 0 aromatic heterocycles. The number of hydrogen-bond acceptors (Lipinski definition) is 5. The van der Waals surface area contributed by atoms with Crippen molar-refractivity contribution in [1.82, 2.24) is 15.5 Å². The van der Waals surface area contributed by atoms with Crippen LogP contribution in [-0.2, 0) is 19.1 Å². The number of nitrogens with one attached hydrogen (secondary N) is 2. The Labute approximate surface area is 153 Å². The van der Waals surface area contributed by atoms with E-state index in [4.69, 9.17) is 0 Å². The van der Waals surface area contributed by atoms with Crippen molar-refractivity contribution in [3.63, 3.8) is 0 Å². The van der Waals surface area contributed by atoms with Gasteiger partial charge in [-0.15, -0.1) is 0 Å². The summed E-state index contributed by atoms with van der Waals surface area (Å²) in [6, 6.07) is 0. The topological polar surface area (TPSA) is 100 Å². The molecule has 2 fully saturated rings. The lowest BCUT2D eigenvalue weighted by Crippen LogP contribution is -2.43. The zero-order valence-electron chi connectivity index (χ0n) is 15.2. The van der Waals surface area contributed by atoms with Crippen molar-refractivity contribution in [2.75, 3.05) is 33.3 Å². The smallest absolute Gasteiger partial charge is 0.307 e. The number of hydrogen-bond donors (Lipinski definition) is 2. The van der Waals surface area contributed by atoms with Crippen LogP contribution in [0.3, 0.4) is 0 Å². The highest BCUT2D eigenvalue weighted by molar-refractivity contribution is 6.06. The van der Waals surface area contributed by atoms with Crippen LogP contribution in [0.15, 0.2) is 17.1 Å². The Balaban J connectivity index is 1.50. The molecule has 142 valence electrons. The third-order valence-electron chi connectivity index (χ3n) is 5.35. The Kier molecular flexibility index (Phi) is 5.58. The fourth-order valence-electron chi connectivity index (χ4n) is 4.17. The molecule has 3 aliphatic rings. The van der Waals surface area contributed by atoms with Crippen LogP contribution in [0.4, 0.5) is 0 Å². The Morgan fingerprint density at radius 2 is 1.88 bits per heavy atom. The van der Waals surface area contributed by atoms with E-state index in [1.165, 1.54) is 12.0 Å². The number of esters is 1. The number of carbonyl (C=O) groups is 3. The molecule has 2 N–H and O–H groups in total. The first-order valence-electron chi connectivity index (χ1n) is 9.19. The van der Waals surface area contributed by atoms with Gasteiger partial charge in [0.1, 0.15) is 0 Å². The molecule has 0 spiro atoms. The highest BCUT2D eigenvalue weighted by Crippen LogP contribution is 2.52. The number of guanidine groups is 1. The minimum absolute atomic E-state index is 0.0359. The number of allylic oxidation sites excluding steroid dienone is 2. The van der Waals surface area contributed by atoms with E-state index in [2.05, 4.69) is 32.5 Å². The summed E-state index contributed by atoms with van der Waals surface area (Å²) in [4.78, 5) is 42.1. The minimum Gasteiger partial charge on any atom is -0.469 e. The summed E-state index contributed by atoms with van der Waals surface area (Å²) in [5, 5.41) is 6.18. The summed E-state index contributed by atoms with van der Waals surface area (Å²) >= 11 is 0. The van der Waals surface area contributed by atoms with E-state index in [1.54, 1.807) is 0 Å². The van der Waals surface area contributed by atoms with E-state index >= 15 is 0 Å². The lowest BCUT2D eigenvalue weighted by atomic mass is 9.85. The predicted molar refractivity (Wildman–Crippen MR) is 95.1 cm³/mol. The highest BCUT2D eigenvalue weighted by Gasteiger charge is 2.58. The van der Waals surface area contributed by atoms with Crippen molar-refractivity contribution in [1.29, 1.82) is 0 Å². The first kappa shape index (κ1) is 18.4. The minimum atomic E-state index is -0.312. The van der Waals surface area contributed by atoms with Crippen LogP contribution in [0.2, 0.25) is 0 Å². The van der Waals surface area contributed by atoms with Crippen LogP contribution in [0, 0.1) is 23.7 Å². The van der Waals surface area contributed by atoms with Gasteiger partial charge in [-0.1, -0.05) is 12.2 Å². The van der Waals surface area contributed by atoms with Gasteiger partial charge >= 0.3 is 5.97 Å². The third-order valence-corrected chi connectivity index (χ3v) is 5.35. The van der Waals surface area contributed by atoms with Gasteiger partial charge in [0.05, 0.1) is 31.9 Å². The van der Waals surface area contributed by atoms with Gasteiger partial charge in [-0.2, -0.15) is 0 Å². The quantitative estimate of drug-likeness (QED) is 0.216. The van der Waals surface area contributed by atoms with Gasteiger partial charge in [0.2, 0.25) is 11.8 Å². The SMILES string of the molecule is CCNC(=NCCC(=O)OC)NCCN1C(=O)C2C3C=CC(C3)C2C1=O. The van der Waals surface area contributed by atoms with Gasteiger partial charge in [-0.25, -0.2) is 0 Å². The third kappa shape index (κ3) is 3.45. The van der Waals surface area contributed by atoms with Crippen molar-refractivity contribution >= 4 is 23.7 Å². The zero-order valence-corrected chi connectivity index (χ0v) is 15.2. The highest BCUT2D eigenvalue weighted by atomic mass is 16.5. The maximum Gasteiger partial charge on any atom is 0.307 e. The summed E-state index contributed by atoms with van der Waals surface area (Å²) in [5.74, 6) is 0.328. The molecule has 0 radical (unpaired) electrons. The summed E-state index contributed by atoms with van der Waals surface area (Å²) < 4.78 is 4.59. The maximum atomic E-state index is 12.6. The second-order valence-electron chi connectivity index (χ2n) is 6.84. The monoisotopic (exact) mass is 362 g/mol. The number of amides is 2. The van der Waals surface area contributed by atoms with E-state index in [1.807, 2.05) is 6.92 Å². The molecule has 8 nitrogen and oxygen atoms in total. The first-order valence-corrected chi connectivity index (χ1v) is 9.19. The van der Waals surface area contributed by atoms with E-state index in [9.17, 15) is 14.4 Å². The standard InChI is InChI=1S/C18H26N4O4/c1-3-19-18(20-7-6-13(23)26-2)21-8-9-22-16(24)14-11-4-5-12(10-11)15(14)17(22)25/h4-5,11-12,14-15H,3,6-10H2,1-2H3,(H2,19,20,21). The number of methoxy groups -OCH3 is 1. The number of rotatable bonds is 7. The van der Waals surface area contributed by atoms with Crippen molar-refractivity contribution < 1.29 is 19.1 Å². The Bertz CT molecular complexity index is 615. The molecule has 2 amide bonds. The second kappa shape index (κ2) is 7.88. The van der Waals surface area contributed by atoms with Gasteiger partial charge in [0, 0.05) is 19.6 Å². The molecular formula is C18H26N4O4. The molecule has 1 heterocycles. The normalized spacial score (nSPS) is 29.3. The van der Waals surface area contributed by atoms with Crippen molar-refractivity contribution in [3.8, 4) is 0 Å². The molecule has 0 aromatic carbocycles. The van der Waals surface area contributed by atoms with Crippen molar-refractivity contribution in [3.05, 3.63) is 12.2 Å². The average Bonchev–Trinajstić information content (AvgIpc) is 3.30. The molecule has 1 saturated carbocycles. The molecule has 4 unspecified atom stereocenters. The van der Waals surface area contributed by atoms with Crippen LogP contribution < -0.4 is 10.6 Å². The molecule has 8 heteroatoms. The van der Waals surface area contributed by atoms with Gasteiger partial charge < -0.3 is 15.4 Å². The lowest BCUT2D eigenvalue weighted by molar-refractivity contribution is -0.141. The van der Waals surface area contributed by atoms with Crippen LogP contribution in [-0.4, -0.2) is 61.9 Å². The molecule has 1 aliphatic heterocycles. The summed E-state index contributed by atoms with van der Waals surface area (Å²) in [5.41, 5.74) is 0. The predicted octanol–water partition coefficient (Wildman–Crippen LogP) is -0.0883. The number of imide groups is 1. The van der Waals surface area contributed by atoms with Crippen molar-refractivity contribution in [2.45, 2.75) is 19.8 Å². The number of ether oxygens (including phenoxy) is 1. The number of nitrogens with zero attached hydrogens (tertiary/aromatic N) is 2. The Hall–Kier alpha value is -2.38. The van der Waals surface area contributed by atoms with Gasteiger partial charge in [0.25, 0.3) is 0 Å². The molecule has 0 aromatic rings. The van der Waals surface area contributed by atoms with Crippen LogP contribution in [0.1, 0.15) is 19.8 Å². The summed E-state index contributed by atoms with van der Waals surface area (Å²) in [6.07, 6.45) is 5.33. The van der Waals surface area contributed by atoms with Gasteiger partial charge in [-0.3, -0.25) is 24.3 Å². The maximum absolute atomic E-state index is 12.6. The molecule has 26 heavy (non-hydrogen) atoms. The molecule has 2 bridgehead atoms. The van der Waals surface area contributed by atoms with Gasteiger partial charge in [-0.05, 0) is 25.2 Å². The molecule has 1 saturated heterocycles. The average molecular weight is 362 g/mol. The molecule has 2 aliphatic carbocycles. The van der Waals surface area contributed by atoms with Crippen LogP contribution in [0.25, 0.3) is 0 Å². The zero-order chi connectivity index (χ0) is 18.7. The van der Waals surface area contributed by atoms with E-state index in [0.717, 1.165) is 6.42 Å². The second-order valence-corrected chi connectivity index (χ2v) is 6.84. The van der Waals surface area contributed by atoms with E-state index in [0.29, 0.717) is 32.1 Å². The Morgan fingerprint density at radius 1 is 1.23 bits per heavy atom. The number of aliphatic imine (C=N–C) groups is 1. The molecule has 4 atom stereocenters. The summed E-state index contributed by atoms with van der Waals surface area (Å²) in [7, 11) is 1.34. The fraction of sp³-hybridized carbons (Fsp3) is 0.667. The van der Waals surface area contributed by atoms with E-state index < -0.39 is 0 Å². The van der Waals surface area contributed by atoms with Crippen molar-refractivity contribution in [2.24, 2.45) is 28.7 Å². The largest absolute Gasteiger partial charge is 0.469 e. The first-order chi connectivity index (χ1) is 12.6. The van der Waals surface area contributed by atoms with Crippen LogP contribution in [0.5, 0.6) is 0 Å². The number of carbonyl (C=O) groups excluding carboxylic acids is 3. The lowest BCUT2D eigenvalue weighted by Gasteiger charge is -2.18. The van der Waals surface area contributed by atoms with Gasteiger partial charge in [0.15, 0.2) is 5.96 Å². The summed E-state index contributed by atoms with van der Waals surface area (Å²) in [6.45, 7) is 3.66. The Morgan fingerprint density at radius 3 is 2.46 bits per heavy atom. The van der Waals surface area contributed by atoms with E-state index in [-0.39, 0.29) is 47.9 Å². The number of likely N-dealkylation sites (tertiary alicyclic amines) is 1.